The van der Waals surface area contributed by atoms with E-state index in [1.54, 1.807) is 13.0 Å². The smallest absolute Gasteiger partial charge is 0.194 e. The molecule has 2 rings (SSSR count). The molecule has 0 amide bonds. The van der Waals surface area contributed by atoms with E-state index in [0.717, 1.165) is 18.4 Å². The Hall–Kier alpha value is -1.22. The molecule has 1 aliphatic heterocycles. The first-order chi connectivity index (χ1) is 8.03. The Balaban J connectivity index is 2.32. The Morgan fingerprint density at radius 1 is 1.41 bits per heavy atom. The van der Waals surface area contributed by atoms with Gasteiger partial charge in [-0.2, -0.15) is 0 Å². The number of hydrogen-bond acceptors (Lipinski definition) is 2. The van der Waals surface area contributed by atoms with Gasteiger partial charge in [0.25, 0.3) is 0 Å². The van der Waals surface area contributed by atoms with Gasteiger partial charge in [-0.3, -0.25) is 4.79 Å². The largest absolute Gasteiger partial charge is 0.367 e. The molecule has 1 saturated heterocycles. The molecule has 1 aromatic carbocycles. The zero-order valence-electron chi connectivity index (χ0n) is 10.3. The van der Waals surface area contributed by atoms with Crippen LogP contribution >= 0.6 is 0 Å². The van der Waals surface area contributed by atoms with Gasteiger partial charge < -0.3 is 4.74 Å². The molecule has 17 heavy (non-hydrogen) atoms. The number of carbonyl (C=O) groups is 1. The molecule has 0 radical (unpaired) electrons. The van der Waals surface area contributed by atoms with Crippen LogP contribution in [0, 0.1) is 12.7 Å². The first-order valence-electron chi connectivity index (χ1n) is 5.98. The van der Waals surface area contributed by atoms with E-state index in [1.807, 2.05) is 6.92 Å². The van der Waals surface area contributed by atoms with Crippen molar-refractivity contribution >= 4 is 5.78 Å². The quantitative estimate of drug-likeness (QED) is 0.737. The second kappa shape index (κ2) is 4.57. The highest BCUT2D eigenvalue weighted by atomic mass is 19.1. The molecule has 1 atom stereocenters. The summed E-state index contributed by atoms with van der Waals surface area (Å²) in [7, 11) is 0. The van der Waals surface area contributed by atoms with Gasteiger partial charge in [0.15, 0.2) is 5.78 Å². The third-order valence-electron chi connectivity index (χ3n) is 3.39. The molecule has 0 aliphatic carbocycles. The second-order valence-corrected chi connectivity index (χ2v) is 4.82. The van der Waals surface area contributed by atoms with E-state index in [4.69, 9.17) is 4.74 Å². The molecule has 3 heteroatoms. The Morgan fingerprint density at radius 3 is 2.82 bits per heavy atom. The van der Waals surface area contributed by atoms with Crippen LogP contribution in [-0.4, -0.2) is 18.0 Å². The van der Waals surface area contributed by atoms with E-state index < -0.39 is 5.60 Å². The van der Waals surface area contributed by atoms with Crippen molar-refractivity contribution in [3.8, 4) is 0 Å². The number of halogens is 1. The minimum atomic E-state index is -0.781. The Kier molecular flexibility index (Phi) is 3.29. The molecule has 2 nitrogen and oxygen atoms in total. The van der Waals surface area contributed by atoms with E-state index >= 15 is 0 Å². The normalized spacial score (nSPS) is 24.6. The molecule has 0 N–H and O–H groups in total. The van der Waals surface area contributed by atoms with Gasteiger partial charge in [-0.1, -0.05) is 6.07 Å². The number of hydrogen-bond donors (Lipinski definition) is 0. The highest BCUT2D eigenvalue weighted by molar-refractivity contribution is 6.03. The maximum Gasteiger partial charge on any atom is 0.194 e. The first-order valence-corrected chi connectivity index (χ1v) is 5.98. The summed E-state index contributed by atoms with van der Waals surface area (Å²) in [5.74, 6) is -0.479. The van der Waals surface area contributed by atoms with Crippen LogP contribution in [0.3, 0.4) is 0 Å². The van der Waals surface area contributed by atoms with Crippen LogP contribution in [-0.2, 0) is 4.74 Å². The first kappa shape index (κ1) is 12.2. The fourth-order valence-corrected chi connectivity index (χ4v) is 2.24. The highest BCUT2D eigenvalue weighted by Crippen LogP contribution is 2.29. The van der Waals surface area contributed by atoms with Crippen LogP contribution in [0.25, 0.3) is 0 Å². The predicted molar refractivity (Wildman–Crippen MR) is 63.7 cm³/mol. The van der Waals surface area contributed by atoms with Gasteiger partial charge in [0, 0.05) is 12.2 Å². The van der Waals surface area contributed by atoms with Gasteiger partial charge >= 0.3 is 0 Å². The molecule has 1 unspecified atom stereocenters. The van der Waals surface area contributed by atoms with E-state index in [0.29, 0.717) is 18.6 Å². The third kappa shape index (κ3) is 2.39. The van der Waals surface area contributed by atoms with E-state index in [9.17, 15) is 9.18 Å². The summed E-state index contributed by atoms with van der Waals surface area (Å²) in [4.78, 5) is 12.4. The lowest BCUT2D eigenvalue weighted by molar-refractivity contribution is -0.0426. The number of carbonyl (C=O) groups excluding carboxylic acids is 1. The lowest BCUT2D eigenvalue weighted by atomic mass is 9.86. The Labute approximate surface area is 101 Å². The fourth-order valence-electron chi connectivity index (χ4n) is 2.24. The standard InChI is InChI=1S/C14H17FO2/c1-10-5-6-11(15)9-12(10)13(16)14(2)7-3-4-8-17-14/h5-6,9H,3-4,7-8H2,1-2H3. The van der Waals surface area contributed by atoms with Gasteiger partial charge in [0.1, 0.15) is 11.4 Å². The maximum absolute atomic E-state index is 13.2. The molecule has 1 fully saturated rings. The number of benzene rings is 1. The van der Waals surface area contributed by atoms with Gasteiger partial charge in [-0.25, -0.2) is 4.39 Å². The average molecular weight is 236 g/mol. The summed E-state index contributed by atoms with van der Waals surface area (Å²) >= 11 is 0. The van der Waals surface area contributed by atoms with Crippen molar-refractivity contribution < 1.29 is 13.9 Å². The molecule has 92 valence electrons. The van der Waals surface area contributed by atoms with Crippen molar-refractivity contribution in [2.24, 2.45) is 0 Å². The van der Waals surface area contributed by atoms with Crippen molar-refractivity contribution in [3.05, 3.63) is 35.1 Å². The van der Waals surface area contributed by atoms with Crippen molar-refractivity contribution in [3.63, 3.8) is 0 Å². The van der Waals surface area contributed by atoms with Gasteiger partial charge in [0.2, 0.25) is 0 Å². The number of ether oxygens (including phenoxy) is 1. The van der Waals surface area contributed by atoms with Crippen LogP contribution in [0.5, 0.6) is 0 Å². The molecular weight excluding hydrogens is 219 g/mol. The van der Waals surface area contributed by atoms with E-state index in [-0.39, 0.29) is 11.6 Å². The second-order valence-electron chi connectivity index (χ2n) is 4.82. The SMILES string of the molecule is Cc1ccc(F)cc1C(=O)C1(C)CCCCO1. The van der Waals surface area contributed by atoms with E-state index in [1.165, 1.54) is 12.1 Å². The lowest BCUT2D eigenvalue weighted by Crippen LogP contribution is -2.41. The highest BCUT2D eigenvalue weighted by Gasteiger charge is 2.37. The summed E-state index contributed by atoms with van der Waals surface area (Å²) in [6.45, 7) is 4.23. The van der Waals surface area contributed by atoms with Crippen molar-refractivity contribution in [1.29, 1.82) is 0 Å². The van der Waals surface area contributed by atoms with Crippen LogP contribution in [0.1, 0.15) is 42.1 Å². The summed E-state index contributed by atoms with van der Waals surface area (Å²) in [6, 6.07) is 4.31. The van der Waals surface area contributed by atoms with Gasteiger partial charge in [0.05, 0.1) is 0 Å². The molecule has 0 aromatic heterocycles. The minimum absolute atomic E-state index is 0.103. The number of aryl methyl sites for hydroxylation is 1. The Bertz CT molecular complexity index is 434. The lowest BCUT2D eigenvalue weighted by Gasteiger charge is -2.32. The third-order valence-corrected chi connectivity index (χ3v) is 3.39. The minimum Gasteiger partial charge on any atom is -0.367 e. The molecule has 0 spiro atoms. The molecular formula is C14H17FO2. The number of rotatable bonds is 2. The Morgan fingerprint density at radius 2 is 2.18 bits per heavy atom. The average Bonchev–Trinajstić information content (AvgIpc) is 2.32. The van der Waals surface area contributed by atoms with Gasteiger partial charge in [-0.05, 0) is 50.8 Å². The zero-order valence-corrected chi connectivity index (χ0v) is 10.3. The van der Waals surface area contributed by atoms with E-state index in [2.05, 4.69) is 0 Å². The van der Waals surface area contributed by atoms with Crippen LogP contribution in [0.4, 0.5) is 4.39 Å². The summed E-state index contributed by atoms with van der Waals surface area (Å²) in [6.07, 6.45) is 2.68. The topological polar surface area (TPSA) is 26.3 Å². The van der Waals surface area contributed by atoms with Crippen molar-refractivity contribution in [2.75, 3.05) is 6.61 Å². The molecule has 1 heterocycles. The van der Waals surface area contributed by atoms with Gasteiger partial charge in [-0.15, -0.1) is 0 Å². The molecule has 0 saturated carbocycles. The van der Waals surface area contributed by atoms with Crippen LogP contribution in [0.2, 0.25) is 0 Å². The van der Waals surface area contributed by atoms with Crippen LogP contribution in [0.15, 0.2) is 18.2 Å². The number of Topliss-reactive ketones (excluding diaryl/α,β-unsaturated/α-hetero) is 1. The zero-order chi connectivity index (χ0) is 12.5. The molecule has 1 aliphatic rings. The van der Waals surface area contributed by atoms with Crippen molar-refractivity contribution in [1.82, 2.24) is 0 Å². The summed E-state index contributed by atoms with van der Waals surface area (Å²) < 4.78 is 18.8. The number of ketones is 1. The molecule has 0 bridgehead atoms. The van der Waals surface area contributed by atoms with Crippen LogP contribution < -0.4 is 0 Å². The van der Waals surface area contributed by atoms with Crippen molar-refractivity contribution in [2.45, 2.75) is 38.7 Å². The predicted octanol–water partition coefficient (Wildman–Crippen LogP) is 3.28. The summed E-state index contributed by atoms with van der Waals surface area (Å²) in [5.41, 5.74) is 0.456. The summed E-state index contributed by atoms with van der Waals surface area (Å²) in [5, 5.41) is 0. The monoisotopic (exact) mass is 236 g/mol. The maximum atomic E-state index is 13.2. The molecule has 1 aromatic rings. The fraction of sp³-hybridized carbons (Fsp3) is 0.500.